The van der Waals surface area contributed by atoms with Gasteiger partial charge < -0.3 is 15.3 Å². The molecule has 1 aromatic carbocycles. The van der Waals surface area contributed by atoms with Crippen molar-refractivity contribution >= 4 is 23.8 Å². The van der Waals surface area contributed by atoms with Gasteiger partial charge >= 0.3 is 12.0 Å². The summed E-state index contributed by atoms with van der Waals surface area (Å²) in [5.74, 6) is -0.180. The number of nitrogens with one attached hydrogen (secondary N) is 1. The number of likely N-dealkylation sites (tertiary alicyclic amines) is 1. The van der Waals surface area contributed by atoms with E-state index in [2.05, 4.69) is 5.32 Å². The maximum Gasteiger partial charge on any atom is 0.317 e. The number of hydrogen-bond acceptors (Lipinski definition) is 3. The highest BCUT2D eigenvalue weighted by Crippen LogP contribution is 2.49. The van der Waals surface area contributed by atoms with Crippen LogP contribution in [0.25, 0.3) is 0 Å². The first-order chi connectivity index (χ1) is 12.0. The van der Waals surface area contributed by atoms with Crippen molar-refractivity contribution in [2.75, 3.05) is 18.8 Å². The molecule has 2 N–H and O–H groups in total. The summed E-state index contributed by atoms with van der Waals surface area (Å²) in [5.41, 5.74) is 0.0426. The lowest BCUT2D eigenvalue weighted by molar-refractivity contribution is -0.149. The third kappa shape index (κ3) is 2.78. The van der Waals surface area contributed by atoms with Crippen LogP contribution in [-0.4, -0.2) is 40.8 Å². The van der Waals surface area contributed by atoms with Crippen molar-refractivity contribution in [3.63, 3.8) is 0 Å². The normalized spacial score (nSPS) is 30.7. The van der Waals surface area contributed by atoms with E-state index < -0.39 is 11.4 Å². The zero-order valence-electron chi connectivity index (χ0n) is 13.8. The standard InChI is InChI=1S/C18H21FN2O3S/c19-12-3-4-15-13(8-12)14(5-7-25-15)20-17(24)21-9-11-2-1-6-18(11,10-21)16(22)23/h3-4,8,11,14H,1-2,5-7,9-10H2,(H,20,24)(H,22,23)/t11-,14?,18+/m0/s1. The number of carboxylic acids is 1. The Morgan fingerprint density at radius 1 is 1.36 bits per heavy atom. The maximum atomic E-state index is 13.6. The number of halogens is 1. The number of amides is 2. The average molecular weight is 364 g/mol. The number of nitrogens with zero attached hydrogens (tertiary/aromatic N) is 1. The van der Waals surface area contributed by atoms with Crippen LogP contribution in [0.15, 0.2) is 23.1 Å². The van der Waals surface area contributed by atoms with Crippen LogP contribution in [-0.2, 0) is 4.79 Å². The molecule has 4 rings (SSSR count). The molecule has 7 heteroatoms. The highest BCUT2D eigenvalue weighted by Gasteiger charge is 2.55. The number of carbonyl (C=O) groups excluding carboxylic acids is 1. The number of rotatable bonds is 2. The first-order valence-corrected chi connectivity index (χ1v) is 9.69. The molecular formula is C18H21FN2O3S. The van der Waals surface area contributed by atoms with E-state index in [0.29, 0.717) is 13.0 Å². The Balaban J connectivity index is 1.49. The van der Waals surface area contributed by atoms with Crippen LogP contribution in [0.4, 0.5) is 9.18 Å². The third-order valence-electron chi connectivity index (χ3n) is 5.89. The van der Waals surface area contributed by atoms with Crippen LogP contribution in [0.2, 0.25) is 0 Å². The Hall–Kier alpha value is -1.76. The molecule has 1 saturated carbocycles. The summed E-state index contributed by atoms with van der Waals surface area (Å²) in [4.78, 5) is 27.1. The van der Waals surface area contributed by atoms with Gasteiger partial charge in [0.2, 0.25) is 0 Å². The van der Waals surface area contributed by atoms with Gasteiger partial charge in [0.05, 0.1) is 11.5 Å². The molecule has 1 unspecified atom stereocenters. The second-order valence-corrected chi connectivity index (χ2v) is 8.39. The summed E-state index contributed by atoms with van der Waals surface area (Å²) >= 11 is 1.67. The number of carboxylic acid groups (broad SMARTS) is 1. The van der Waals surface area contributed by atoms with Gasteiger partial charge in [0.15, 0.2) is 0 Å². The third-order valence-corrected chi connectivity index (χ3v) is 7.02. The number of aliphatic carboxylic acids is 1. The summed E-state index contributed by atoms with van der Waals surface area (Å²) in [6.07, 6.45) is 3.17. The minimum atomic E-state index is -0.785. The van der Waals surface area contributed by atoms with Crippen LogP contribution in [0.3, 0.4) is 0 Å². The number of thioether (sulfide) groups is 1. The van der Waals surface area contributed by atoms with Crippen LogP contribution in [0, 0.1) is 17.2 Å². The van der Waals surface area contributed by atoms with Crippen LogP contribution < -0.4 is 5.32 Å². The first-order valence-electron chi connectivity index (χ1n) is 8.71. The molecule has 25 heavy (non-hydrogen) atoms. The van der Waals surface area contributed by atoms with Crippen molar-refractivity contribution in [3.05, 3.63) is 29.6 Å². The Kier molecular flexibility index (Phi) is 4.14. The molecule has 1 aromatic rings. The fraction of sp³-hybridized carbons (Fsp3) is 0.556. The lowest BCUT2D eigenvalue weighted by Crippen LogP contribution is -2.43. The summed E-state index contributed by atoms with van der Waals surface area (Å²) in [7, 11) is 0. The fourth-order valence-electron chi connectivity index (χ4n) is 4.55. The lowest BCUT2D eigenvalue weighted by atomic mass is 9.81. The predicted molar refractivity (Wildman–Crippen MR) is 92.0 cm³/mol. The van der Waals surface area contributed by atoms with Crippen molar-refractivity contribution in [1.29, 1.82) is 0 Å². The van der Waals surface area contributed by atoms with Gasteiger partial charge in [-0.2, -0.15) is 0 Å². The highest BCUT2D eigenvalue weighted by atomic mass is 32.2. The Bertz CT molecular complexity index is 728. The molecule has 3 atom stereocenters. The highest BCUT2D eigenvalue weighted by molar-refractivity contribution is 7.99. The molecule has 134 valence electrons. The molecule has 5 nitrogen and oxygen atoms in total. The minimum Gasteiger partial charge on any atom is -0.481 e. The number of carbonyl (C=O) groups is 2. The van der Waals surface area contributed by atoms with E-state index in [0.717, 1.165) is 35.5 Å². The summed E-state index contributed by atoms with van der Waals surface area (Å²) in [6, 6.07) is 4.23. The van der Waals surface area contributed by atoms with Gasteiger partial charge in [0, 0.05) is 23.7 Å². The topological polar surface area (TPSA) is 69.6 Å². The molecule has 2 amide bonds. The van der Waals surface area contributed by atoms with E-state index in [1.807, 2.05) is 0 Å². The summed E-state index contributed by atoms with van der Waals surface area (Å²) in [6.45, 7) is 0.770. The van der Waals surface area contributed by atoms with Gasteiger partial charge in [-0.1, -0.05) is 6.42 Å². The molecule has 1 saturated heterocycles. The van der Waals surface area contributed by atoms with E-state index in [-0.39, 0.29) is 30.4 Å². The van der Waals surface area contributed by atoms with Gasteiger partial charge in [-0.25, -0.2) is 9.18 Å². The van der Waals surface area contributed by atoms with Crippen molar-refractivity contribution in [1.82, 2.24) is 10.2 Å². The Morgan fingerprint density at radius 3 is 2.96 bits per heavy atom. The van der Waals surface area contributed by atoms with Gasteiger partial charge in [-0.15, -0.1) is 11.8 Å². The van der Waals surface area contributed by atoms with E-state index in [1.54, 1.807) is 22.7 Å². The van der Waals surface area contributed by atoms with Gasteiger partial charge in [0.25, 0.3) is 0 Å². The van der Waals surface area contributed by atoms with Gasteiger partial charge in [-0.3, -0.25) is 4.79 Å². The minimum absolute atomic E-state index is 0.0439. The molecule has 2 fully saturated rings. The van der Waals surface area contributed by atoms with E-state index in [4.69, 9.17) is 0 Å². The number of urea groups is 1. The molecular weight excluding hydrogens is 343 g/mol. The molecule has 0 aromatic heterocycles. The second kappa shape index (κ2) is 6.20. The average Bonchev–Trinajstić information content (AvgIpc) is 3.13. The van der Waals surface area contributed by atoms with Crippen molar-refractivity contribution in [2.24, 2.45) is 11.3 Å². The predicted octanol–water partition coefficient (Wildman–Crippen LogP) is 3.26. The van der Waals surface area contributed by atoms with Crippen LogP contribution in [0.5, 0.6) is 0 Å². The van der Waals surface area contributed by atoms with Gasteiger partial charge in [-0.05, 0) is 48.9 Å². The molecule has 2 heterocycles. The lowest BCUT2D eigenvalue weighted by Gasteiger charge is -2.29. The molecule has 0 radical (unpaired) electrons. The Labute approximate surface area is 150 Å². The van der Waals surface area contributed by atoms with E-state index >= 15 is 0 Å². The maximum absolute atomic E-state index is 13.6. The largest absolute Gasteiger partial charge is 0.481 e. The first kappa shape index (κ1) is 16.7. The Morgan fingerprint density at radius 2 is 2.20 bits per heavy atom. The van der Waals surface area contributed by atoms with Crippen LogP contribution >= 0.6 is 11.8 Å². The smallest absolute Gasteiger partial charge is 0.317 e. The van der Waals surface area contributed by atoms with Crippen LogP contribution in [0.1, 0.15) is 37.3 Å². The SMILES string of the molecule is O=C(NC1CCSc2ccc(F)cc21)N1C[C@@H]2CCC[C@@]2(C(=O)O)C1. The molecule has 0 bridgehead atoms. The fourth-order valence-corrected chi connectivity index (χ4v) is 5.65. The molecule has 3 aliphatic rings. The van der Waals surface area contributed by atoms with Gasteiger partial charge in [0.1, 0.15) is 5.82 Å². The van der Waals surface area contributed by atoms with Crippen molar-refractivity contribution in [2.45, 2.75) is 36.6 Å². The summed E-state index contributed by atoms with van der Waals surface area (Å²) in [5, 5.41) is 12.7. The van der Waals surface area contributed by atoms with E-state index in [1.165, 1.54) is 12.1 Å². The monoisotopic (exact) mass is 364 g/mol. The number of fused-ring (bicyclic) bond motifs is 2. The van der Waals surface area contributed by atoms with E-state index in [9.17, 15) is 19.1 Å². The molecule has 1 aliphatic carbocycles. The number of benzene rings is 1. The second-order valence-electron chi connectivity index (χ2n) is 7.25. The summed E-state index contributed by atoms with van der Waals surface area (Å²) < 4.78 is 13.6. The van der Waals surface area contributed by atoms with Crippen molar-refractivity contribution < 1.29 is 19.1 Å². The van der Waals surface area contributed by atoms with Crippen molar-refractivity contribution in [3.8, 4) is 0 Å². The quantitative estimate of drug-likeness (QED) is 0.845. The number of hydrogen-bond donors (Lipinski definition) is 2. The molecule has 2 aliphatic heterocycles. The zero-order chi connectivity index (χ0) is 17.6. The zero-order valence-corrected chi connectivity index (χ0v) is 14.7. The molecule has 0 spiro atoms.